The summed E-state index contributed by atoms with van der Waals surface area (Å²) in [5.41, 5.74) is 9.41. The van der Waals surface area contributed by atoms with E-state index >= 15 is 0 Å². The molecule has 1 aromatic carbocycles. The summed E-state index contributed by atoms with van der Waals surface area (Å²) >= 11 is 6.07. The number of esters is 1. The third-order valence-corrected chi connectivity index (χ3v) is 3.56. The molecule has 0 bridgehead atoms. The summed E-state index contributed by atoms with van der Waals surface area (Å²) in [7, 11) is 0. The maximum absolute atomic E-state index is 11.2. The van der Waals surface area contributed by atoms with Crippen molar-refractivity contribution in [2.24, 2.45) is 5.73 Å². The lowest BCUT2D eigenvalue weighted by atomic mass is 9.96. The lowest BCUT2D eigenvalue weighted by Crippen LogP contribution is -2.13. The van der Waals surface area contributed by atoms with Crippen LogP contribution in [0.5, 0.6) is 0 Å². The Morgan fingerprint density at radius 1 is 1.37 bits per heavy atom. The minimum Gasteiger partial charge on any atom is -0.466 e. The van der Waals surface area contributed by atoms with Crippen LogP contribution in [0.25, 0.3) is 0 Å². The van der Waals surface area contributed by atoms with E-state index < -0.39 is 0 Å². The summed E-state index contributed by atoms with van der Waals surface area (Å²) in [5.74, 6) is -0.154. The molecule has 4 heteroatoms. The SMILES string of the molecule is CCOC(=O)CCCC(N)c1cc(C)c(Cl)cc1C. The number of aryl methyl sites for hydroxylation is 2. The molecule has 0 saturated heterocycles. The monoisotopic (exact) mass is 283 g/mol. The van der Waals surface area contributed by atoms with Gasteiger partial charge in [-0.2, -0.15) is 0 Å². The number of carbonyl (C=O) groups excluding carboxylic acids is 1. The van der Waals surface area contributed by atoms with Crippen molar-refractivity contribution in [2.75, 3.05) is 6.61 Å². The van der Waals surface area contributed by atoms with Gasteiger partial charge in [0, 0.05) is 17.5 Å². The fourth-order valence-corrected chi connectivity index (χ4v) is 2.28. The summed E-state index contributed by atoms with van der Waals surface area (Å²) in [6.45, 7) is 6.21. The molecule has 0 amide bonds. The summed E-state index contributed by atoms with van der Waals surface area (Å²) in [6, 6.07) is 3.91. The number of carbonyl (C=O) groups is 1. The predicted molar refractivity (Wildman–Crippen MR) is 78.3 cm³/mol. The summed E-state index contributed by atoms with van der Waals surface area (Å²) in [5, 5.41) is 0.764. The Hall–Kier alpha value is -1.06. The van der Waals surface area contributed by atoms with Crippen LogP contribution in [0, 0.1) is 13.8 Å². The average Bonchev–Trinajstić information content (AvgIpc) is 2.34. The third kappa shape index (κ3) is 4.84. The van der Waals surface area contributed by atoms with Crippen molar-refractivity contribution in [1.29, 1.82) is 0 Å². The molecule has 1 rings (SSSR count). The van der Waals surface area contributed by atoms with E-state index in [1.54, 1.807) is 0 Å². The molecule has 0 aromatic heterocycles. The van der Waals surface area contributed by atoms with Crippen LogP contribution in [0.15, 0.2) is 12.1 Å². The zero-order chi connectivity index (χ0) is 14.4. The van der Waals surface area contributed by atoms with E-state index in [4.69, 9.17) is 22.1 Å². The van der Waals surface area contributed by atoms with Crippen LogP contribution in [-0.2, 0) is 9.53 Å². The smallest absolute Gasteiger partial charge is 0.305 e. The number of hydrogen-bond acceptors (Lipinski definition) is 3. The first-order chi connectivity index (χ1) is 8.95. The minimum atomic E-state index is -0.154. The molecule has 0 aliphatic carbocycles. The van der Waals surface area contributed by atoms with Crippen LogP contribution in [0.3, 0.4) is 0 Å². The van der Waals surface area contributed by atoms with Crippen LogP contribution >= 0.6 is 11.6 Å². The van der Waals surface area contributed by atoms with Gasteiger partial charge < -0.3 is 10.5 Å². The maximum atomic E-state index is 11.2. The Morgan fingerprint density at radius 2 is 2.05 bits per heavy atom. The Bertz CT molecular complexity index is 446. The van der Waals surface area contributed by atoms with Gasteiger partial charge >= 0.3 is 5.97 Å². The molecule has 1 atom stereocenters. The zero-order valence-electron chi connectivity index (χ0n) is 11.8. The fraction of sp³-hybridized carbons (Fsp3) is 0.533. The van der Waals surface area contributed by atoms with E-state index in [1.165, 1.54) is 0 Å². The standard InChI is InChI=1S/C15H22ClNO2/c1-4-19-15(18)7-5-6-14(17)12-8-11(3)13(16)9-10(12)2/h8-9,14H,4-7,17H2,1-3H3. The molecular formula is C15H22ClNO2. The first kappa shape index (κ1) is 16.0. The summed E-state index contributed by atoms with van der Waals surface area (Å²) in [4.78, 5) is 11.2. The number of ether oxygens (including phenoxy) is 1. The molecule has 0 saturated carbocycles. The van der Waals surface area contributed by atoms with Crippen LogP contribution in [-0.4, -0.2) is 12.6 Å². The van der Waals surface area contributed by atoms with Crippen molar-refractivity contribution in [2.45, 2.75) is 46.1 Å². The molecule has 2 N–H and O–H groups in total. The molecule has 1 unspecified atom stereocenters. The number of nitrogens with two attached hydrogens (primary N) is 1. The van der Waals surface area contributed by atoms with Gasteiger partial charge in [-0.25, -0.2) is 0 Å². The highest BCUT2D eigenvalue weighted by atomic mass is 35.5. The lowest BCUT2D eigenvalue weighted by Gasteiger charge is -2.16. The van der Waals surface area contributed by atoms with Crippen molar-refractivity contribution in [3.63, 3.8) is 0 Å². The quantitative estimate of drug-likeness (QED) is 0.810. The lowest BCUT2D eigenvalue weighted by molar-refractivity contribution is -0.143. The van der Waals surface area contributed by atoms with Gasteiger partial charge in [-0.05, 0) is 56.4 Å². The molecule has 0 fully saturated rings. The molecule has 0 spiro atoms. The highest BCUT2D eigenvalue weighted by Crippen LogP contribution is 2.26. The zero-order valence-corrected chi connectivity index (χ0v) is 12.6. The Labute approximate surface area is 120 Å². The molecule has 106 valence electrons. The Balaban J connectivity index is 2.56. The molecule has 3 nitrogen and oxygen atoms in total. The Morgan fingerprint density at radius 3 is 2.68 bits per heavy atom. The molecule has 0 aliphatic heterocycles. The van der Waals surface area contributed by atoms with Crippen LogP contribution < -0.4 is 5.73 Å². The molecule has 0 aliphatic rings. The average molecular weight is 284 g/mol. The summed E-state index contributed by atoms with van der Waals surface area (Å²) in [6.07, 6.45) is 1.93. The molecule has 19 heavy (non-hydrogen) atoms. The Kier molecular flexibility index (Phi) is 6.32. The third-order valence-electron chi connectivity index (χ3n) is 3.15. The molecule has 0 radical (unpaired) electrons. The van der Waals surface area contributed by atoms with Gasteiger partial charge in [0.05, 0.1) is 6.61 Å². The van der Waals surface area contributed by atoms with Gasteiger partial charge in [0.15, 0.2) is 0 Å². The van der Waals surface area contributed by atoms with Gasteiger partial charge in [-0.15, -0.1) is 0 Å². The van der Waals surface area contributed by atoms with Crippen molar-refractivity contribution >= 4 is 17.6 Å². The number of rotatable bonds is 6. The van der Waals surface area contributed by atoms with E-state index in [0.29, 0.717) is 13.0 Å². The van der Waals surface area contributed by atoms with E-state index in [9.17, 15) is 4.79 Å². The topological polar surface area (TPSA) is 52.3 Å². The van der Waals surface area contributed by atoms with Gasteiger partial charge in [0.2, 0.25) is 0 Å². The number of hydrogen-bond donors (Lipinski definition) is 1. The van der Waals surface area contributed by atoms with Crippen molar-refractivity contribution in [1.82, 2.24) is 0 Å². The van der Waals surface area contributed by atoms with Crippen molar-refractivity contribution in [3.05, 3.63) is 33.8 Å². The van der Waals surface area contributed by atoms with Crippen LogP contribution in [0.4, 0.5) is 0 Å². The first-order valence-corrected chi connectivity index (χ1v) is 7.01. The highest BCUT2D eigenvalue weighted by Gasteiger charge is 2.12. The van der Waals surface area contributed by atoms with E-state index in [-0.39, 0.29) is 12.0 Å². The van der Waals surface area contributed by atoms with Gasteiger partial charge in [-0.1, -0.05) is 17.7 Å². The molecular weight excluding hydrogens is 262 g/mol. The van der Waals surface area contributed by atoms with Crippen LogP contribution in [0.1, 0.15) is 48.9 Å². The van der Waals surface area contributed by atoms with E-state index in [0.717, 1.165) is 34.6 Å². The largest absolute Gasteiger partial charge is 0.466 e. The van der Waals surface area contributed by atoms with Crippen molar-refractivity contribution in [3.8, 4) is 0 Å². The van der Waals surface area contributed by atoms with Crippen LogP contribution in [0.2, 0.25) is 5.02 Å². The number of halogens is 1. The molecule has 1 aromatic rings. The van der Waals surface area contributed by atoms with Gasteiger partial charge in [0.25, 0.3) is 0 Å². The second-order valence-electron chi connectivity index (χ2n) is 4.76. The van der Waals surface area contributed by atoms with Gasteiger partial charge in [-0.3, -0.25) is 4.79 Å². The number of benzene rings is 1. The van der Waals surface area contributed by atoms with Crippen molar-refractivity contribution < 1.29 is 9.53 Å². The predicted octanol–water partition coefficient (Wildman–Crippen LogP) is 3.69. The minimum absolute atomic E-state index is 0.0645. The second kappa shape index (κ2) is 7.51. The second-order valence-corrected chi connectivity index (χ2v) is 5.17. The first-order valence-electron chi connectivity index (χ1n) is 6.63. The fourth-order valence-electron chi connectivity index (χ4n) is 2.06. The maximum Gasteiger partial charge on any atom is 0.305 e. The highest BCUT2D eigenvalue weighted by molar-refractivity contribution is 6.31. The van der Waals surface area contributed by atoms with Gasteiger partial charge in [0.1, 0.15) is 0 Å². The van der Waals surface area contributed by atoms with E-state index in [1.807, 2.05) is 32.9 Å². The normalized spacial score (nSPS) is 12.3. The molecule has 0 heterocycles. The summed E-state index contributed by atoms with van der Waals surface area (Å²) < 4.78 is 4.89. The van der Waals surface area contributed by atoms with E-state index in [2.05, 4.69) is 0 Å².